The van der Waals surface area contributed by atoms with Crippen LogP contribution in [-0.2, 0) is 4.79 Å². The third kappa shape index (κ3) is 5.46. The average Bonchev–Trinajstić information content (AvgIpc) is 3.48. The Kier molecular flexibility index (Phi) is 7.65. The van der Waals surface area contributed by atoms with Crippen LogP contribution in [-0.4, -0.2) is 48.5 Å². The molecule has 1 fully saturated rings. The molecule has 0 saturated heterocycles. The molecule has 2 N–H and O–H groups in total. The van der Waals surface area contributed by atoms with Gasteiger partial charge in [-0.2, -0.15) is 4.98 Å². The predicted molar refractivity (Wildman–Crippen MR) is 157 cm³/mol. The summed E-state index contributed by atoms with van der Waals surface area (Å²) in [7, 11) is 3.36. The quantitative estimate of drug-likeness (QED) is 0.408. The standard InChI is InChI=1S/C31H38N6O3/c1-20(21-11-7-6-8-12-21)33-28(38)22-15-16-24(26(17-22)40-5)34-30-32-18-25-27(35-30)37(23-13-9-10-14-23)19-31(2,3)29(39)36(25)4/h6-8,11-12,15-18,20,23H,9-10,13-14,19H2,1-5H3,(H,33,38)(H,32,34,35)/t20-/m1/s1. The Morgan fingerprint density at radius 2 is 1.85 bits per heavy atom. The summed E-state index contributed by atoms with van der Waals surface area (Å²) in [6.45, 7) is 6.54. The summed E-state index contributed by atoms with van der Waals surface area (Å²) in [5.41, 5.74) is 2.32. The molecule has 1 saturated carbocycles. The molecule has 2 amide bonds. The molecule has 1 aliphatic heterocycles. The van der Waals surface area contributed by atoms with Crippen molar-refractivity contribution in [1.29, 1.82) is 0 Å². The van der Waals surface area contributed by atoms with Crippen LogP contribution in [0.1, 0.15) is 68.4 Å². The van der Waals surface area contributed by atoms with Gasteiger partial charge in [-0.15, -0.1) is 0 Å². The van der Waals surface area contributed by atoms with Gasteiger partial charge in [0.2, 0.25) is 11.9 Å². The van der Waals surface area contributed by atoms with Crippen LogP contribution < -0.4 is 25.2 Å². The van der Waals surface area contributed by atoms with Gasteiger partial charge in [-0.1, -0.05) is 43.2 Å². The number of benzene rings is 2. The summed E-state index contributed by atoms with van der Waals surface area (Å²) in [5, 5.41) is 6.32. The molecular weight excluding hydrogens is 504 g/mol. The highest BCUT2D eigenvalue weighted by atomic mass is 16.5. The third-order valence-electron chi connectivity index (χ3n) is 7.96. The van der Waals surface area contributed by atoms with E-state index in [-0.39, 0.29) is 17.9 Å². The first-order valence-electron chi connectivity index (χ1n) is 13.9. The molecule has 5 rings (SSSR count). The van der Waals surface area contributed by atoms with Gasteiger partial charge < -0.3 is 25.2 Å². The lowest BCUT2D eigenvalue weighted by molar-refractivity contribution is -0.125. The number of fused-ring (bicyclic) bond motifs is 1. The molecule has 210 valence electrons. The number of nitrogens with one attached hydrogen (secondary N) is 2. The number of carbonyl (C=O) groups excluding carboxylic acids is 2. The molecule has 2 aromatic carbocycles. The predicted octanol–water partition coefficient (Wildman–Crippen LogP) is 5.47. The molecule has 40 heavy (non-hydrogen) atoms. The molecule has 1 atom stereocenters. The van der Waals surface area contributed by atoms with Crippen LogP contribution in [0.25, 0.3) is 0 Å². The number of ether oxygens (including phenoxy) is 1. The molecule has 1 aromatic heterocycles. The van der Waals surface area contributed by atoms with Gasteiger partial charge in [0.05, 0.1) is 30.5 Å². The second-order valence-electron chi connectivity index (χ2n) is 11.4. The van der Waals surface area contributed by atoms with E-state index in [0.717, 1.165) is 24.2 Å². The van der Waals surface area contributed by atoms with E-state index in [1.165, 1.54) is 12.8 Å². The Morgan fingerprint density at radius 3 is 2.55 bits per heavy atom. The number of anilines is 4. The molecule has 2 heterocycles. The van der Waals surface area contributed by atoms with E-state index in [1.54, 1.807) is 43.5 Å². The van der Waals surface area contributed by atoms with Crippen LogP contribution >= 0.6 is 0 Å². The van der Waals surface area contributed by atoms with Crippen LogP contribution in [0.4, 0.5) is 23.1 Å². The fourth-order valence-electron chi connectivity index (χ4n) is 5.69. The Labute approximate surface area is 236 Å². The summed E-state index contributed by atoms with van der Waals surface area (Å²) in [6, 6.07) is 15.3. The molecule has 0 spiro atoms. The van der Waals surface area contributed by atoms with Crippen LogP contribution in [0.3, 0.4) is 0 Å². The fourth-order valence-corrected chi connectivity index (χ4v) is 5.69. The van der Waals surface area contributed by atoms with Crippen LogP contribution in [0.5, 0.6) is 5.75 Å². The van der Waals surface area contributed by atoms with Crippen molar-refractivity contribution in [3.63, 3.8) is 0 Å². The molecular formula is C31H38N6O3. The van der Waals surface area contributed by atoms with Crippen molar-refractivity contribution in [2.45, 2.75) is 58.5 Å². The zero-order valence-electron chi connectivity index (χ0n) is 23.9. The molecule has 1 aliphatic carbocycles. The summed E-state index contributed by atoms with van der Waals surface area (Å²) >= 11 is 0. The summed E-state index contributed by atoms with van der Waals surface area (Å²) in [4.78, 5) is 39.7. The first-order valence-corrected chi connectivity index (χ1v) is 13.9. The lowest BCUT2D eigenvalue weighted by atomic mass is 9.91. The largest absolute Gasteiger partial charge is 0.495 e. The molecule has 9 nitrogen and oxygen atoms in total. The summed E-state index contributed by atoms with van der Waals surface area (Å²) in [5.74, 6) is 1.52. The highest BCUT2D eigenvalue weighted by Crippen LogP contribution is 2.40. The van der Waals surface area contributed by atoms with E-state index in [0.29, 0.717) is 41.2 Å². The van der Waals surface area contributed by atoms with Crippen molar-refractivity contribution >= 4 is 35.0 Å². The molecule has 3 aromatic rings. The first kappa shape index (κ1) is 27.4. The first-order chi connectivity index (χ1) is 19.2. The van der Waals surface area contributed by atoms with Gasteiger partial charge in [0.15, 0.2) is 5.82 Å². The highest BCUT2D eigenvalue weighted by Gasteiger charge is 2.41. The number of hydrogen-bond donors (Lipinski definition) is 2. The lowest BCUT2D eigenvalue weighted by Crippen LogP contribution is -2.45. The smallest absolute Gasteiger partial charge is 0.251 e. The van der Waals surface area contributed by atoms with Gasteiger partial charge in [-0.3, -0.25) is 9.59 Å². The number of methoxy groups -OCH3 is 1. The van der Waals surface area contributed by atoms with Gasteiger partial charge in [-0.05, 0) is 57.4 Å². The van der Waals surface area contributed by atoms with Crippen molar-refractivity contribution < 1.29 is 14.3 Å². The number of rotatable bonds is 7. The van der Waals surface area contributed by atoms with Crippen molar-refractivity contribution in [3.05, 3.63) is 65.9 Å². The van der Waals surface area contributed by atoms with Crippen molar-refractivity contribution in [1.82, 2.24) is 15.3 Å². The number of hydrogen-bond acceptors (Lipinski definition) is 7. The Morgan fingerprint density at radius 1 is 1.12 bits per heavy atom. The molecule has 2 aliphatic rings. The SMILES string of the molecule is COc1cc(C(=O)N[C@H](C)c2ccccc2)ccc1Nc1ncc2c(n1)N(C1CCCC1)CC(C)(C)C(=O)N2C. The second kappa shape index (κ2) is 11.2. The normalized spacial score (nSPS) is 17.7. The van der Waals surface area contributed by atoms with Gasteiger partial charge in [0.1, 0.15) is 11.4 Å². The fraction of sp³-hybridized carbons (Fsp3) is 0.419. The van der Waals surface area contributed by atoms with Gasteiger partial charge in [0.25, 0.3) is 5.91 Å². The van der Waals surface area contributed by atoms with Crippen molar-refractivity contribution in [2.75, 3.05) is 35.8 Å². The van der Waals surface area contributed by atoms with E-state index in [9.17, 15) is 9.59 Å². The van der Waals surface area contributed by atoms with E-state index >= 15 is 0 Å². The molecule has 9 heteroatoms. The van der Waals surface area contributed by atoms with E-state index in [2.05, 4.69) is 20.5 Å². The van der Waals surface area contributed by atoms with Crippen molar-refractivity contribution in [2.24, 2.45) is 5.41 Å². The number of nitrogens with zero attached hydrogens (tertiary/aromatic N) is 4. The van der Waals surface area contributed by atoms with Gasteiger partial charge in [0, 0.05) is 25.2 Å². The maximum Gasteiger partial charge on any atom is 0.251 e. The minimum atomic E-state index is -0.552. The zero-order chi connectivity index (χ0) is 28.4. The maximum atomic E-state index is 13.3. The summed E-state index contributed by atoms with van der Waals surface area (Å²) < 4.78 is 5.63. The summed E-state index contributed by atoms with van der Waals surface area (Å²) in [6.07, 6.45) is 6.24. The Balaban J connectivity index is 1.40. The van der Waals surface area contributed by atoms with Gasteiger partial charge in [-0.25, -0.2) is 4.98 Å². The van der Waals surface area contributed by atoms with E-state index < -0.39 is 5.41 Å². The third-order valence-corrected chi connectivity index (χ3v) is 7.96. The minimum Gasteiger partial charge on any atom is -0.495 e. The highest BCUT2D eigenvalue weighted by molar-refractivity contribution is 6.01. The minimum absolute atomic E-state index is 0.0515. The number of aromatic nitrogens is 2. The second-order valence-corrected chi connectivity index (χ2v) is 11.4. The Bertz CT molecular complexity index is 1390. The van der Waals surface area contributed by atoms with Crippen molar-refractivity contribution in [3.8, 4) is 5.75 Å². The number of amides is 2. The molecule has 0 bridgehead atoms. The van der Waals surface area contributed by atoms with Gasteiger partial charge >= 0.3 is 0 Å². The number of carbonyl (C=O) groups is 2. The van der Waals surface area contributed by atoms with Crippen LogP contribution in [0.15, 0.2) is 54.7 Å². The zero-order valence-corrected chi connectivity index (χ0v) is 23.9. The maximum absolute atomic E-state index is 13.3. The Hall–Kier alpha value is -4.14. The topological polar surface area (TPSA) is 99.7 Å². The average molecular weight is 543 g/mol. The lowest BCUT2D eigenvalue weighted by Gasteiger charge is -2.34. The van der Waals surface area contributed by atoms with Crippen LogP contribution in [0, 0.1) is 5.41 Å². The molecule has 0 unspecified atom stereocenters. The monoisotopic (exact) mass is 542 g/mol. The van der Waals surface area contributed by atoms with E-state index in [4.69, 9.17) is 9.72 Å². The van der Waals surface area contributed by atoms with Crippen LogP contribution in [0.2, 0.25) is 0 Å². The van der Waals surface area contributed by atoms with E-state index in [1.807, 2.05) is 51.1 Å². The molecule has 0 radical (unpaired) electrons.